The smallest absolute Gasteiger partial charge is 0.263 e. The molecule has 1 aromatic rings. The molecule has 0 aliphatic heterocycles. The molecule has 1 aliphatic carbocycles. The van der Waals surface area contributed by atoms with Crippen molar-refractivity contribution in [3.8, 4) is 0 Å². The van der Waals surface area contributed by atoms with E-state index in [-0.39, 0.29) is 5.91 Å². The molecule has 1 atom stereocenters. The lowest BCUT2D eigenvalue weighted by Crippen LogP contribution is -2.41. The van der Waals surface area contributed by atoms with Crippen molar-refractivity contribution in [3.63, 3.8) is 0 Å². The molecule has 0 saturated heterocycles. The molecule has 94 valence electrons. The van der Waals surface area contributed by atoms with E-state index in [1.165, 1.54) is 24.2 Å². The Balaban J connectivity index is 1.79. The van der Waals surface area contributed by atoms with Crippen LogP contribution < -0.4 is 5.32 Å². The molecule has 17 heavy (non-hydrogen) atoms. The first-order valence-corrected chi connectivity index (χ1v) is 6.82. The number of rotatable bonds is 5. The summed E-state index contributed by atoms with van der Waals surface area (Å²) in [5.74, 6) is -0.00773. The standard InChI is InChI=1S/C12H19N3OS/c1-8(15(3)10-4-5-10)6-14-12(16)11-7-13-9(2)17-11/h7-8,10H,4-6H2,1-3H3,(H,14,16). The number of carbonyl (C=O) groups excluding carboxylic acids is 1. The summed E-state index contributed by atoms with van der Waals surface area (Å²) in [6.45, 7) is 4.75. The molecule has 0 spiro atoms. The van der Waals surface area contributed by atoms with Crippen molar-refractivity contribution >= 4 is 17.2 Å². The SMILES string of the molecule is Cc1ncc(C(=O)NCC(C)N(C)C2CC2)s1. The average molecular weight is 253 g/mol. The zero-order valence-corrected chi connectivity index (χ0v) is 11.4. The van der Waals surface area contributed by atoms with Gasteiger partial charge in [0.1, 0.15) is 4.88 Å². The van der Waals surface area contributed by atoms with Crippen molar-refractivity contribution in [2.24, 2.45) is 0 Å². The minimum Gasteiger partial charge on any atom is -0.350 e. The van der Waals surface area contributed by atoms with Crippen LogP contribution in [0.2, 0.25) is 0 Å². The topological polar surface area (TPSA) is 45.2 Å². The molecule has 1 unspecified atom stereocenters. The van der Waals surface area contributed by atoms with Gasteiger partial charge in [0.2, 0.25) is 0 Å². The first-order valence-electron chi connectivity index (χ1n) is 6.00. The number of aryl methyl sites for hydroxylation is 1. The van der Waals surface area contributed by atoms with Gasteiger partial charge in [0.05, 0.1) is 11.2 Å². The number of thiazole rings is 1. The predicted octanol–water partition coefficient (Wildman–Crippen LogP) is 1.66. The van der Waals surface area contributed by atoms with Crippen LogP contribution in [0.15, 0.2) is 6.20 Å². The van der Waals surface area contributed by atoms with E-state index in [4.69, 9.17) is 0 Å². The minimum atomic E-state index is -0.00773. The van der Waals surface area contributed by atoms with E-state index in [0.717, 1.165) is 11.0 Å². The summed E-state index contributed by atoms with van der Waals surface area (Å²) < 4.78 is 0. The van der Waals surface area contributed by atoms with Crippen molar-refractivity contribution in [1.29, 1.82) is 0 Å². The van der Waals surface area contributed by atoms with Gasteiger partial charge in [-0.3, -0.25) is 9.69 Å². The maximum atomic E-state index is 11.8. The van der Waals surface area contributed by atoms with Crippen LogP contribution in [0.3, 0.4) is 0 Å². The van der Waals surface area contributed by atoms with Crippen LogP contribution in [0.1, 0.15) is 34.4 Å². The second-order valence-corrected chi connectivity index (χ2v) is 5.93. The monoisotopic (exact) mass is 253 g/mol. The van der Waals surface area contributed by atoms with Gasteiger partial charge in [0.15, 0.2) is 0 Å². The molecule has 0 aromatic carbocycles. The summed E-state index contributed by atoms with van der Waals surface area (Å²) in [5, 5.41) is 3.89. The third kappa shape index (κ3) is 3.26. The second kappa shape index (κ2) is 5.14. The molecule has 1 aliphatic rings. The van der Waals surface area contributed by atoms with E-state index in [2.05, 4.69) is 29.2 Å². The van der Waals surface area contributed by atoms with Gasteiger partial charge >= 0.3 is 0 Å². The van der Waals surface area contributed by atoms with Crippen molar-refractivity contribution in [3.05, 3.63) is 16.1 Å². The van der Waals surface area contributed by atoms with E-state index in [1.807, 2.05) is 6.92 Å². The quantitative estimate of drug-likeness (QED) is 0.868. The fourth-order valence-electron chi connectivity index (χ4n) is 1.78. The van der Waals surface area contributed by atoms with Gasteiger partial charge in [-0.05, 0) is 33.7 Å². The normalized spacial score (nSPS) is 17.2. The lowest BCUT2D eigenvalue weighted by Gasteiger charge is -2.24. The largest absolute Gasteiger partial charge is 0.350 e. The van der Waals surface area contributed by atoms with Crippen LogP contribution in [-0.2, 0) is 0 Å². The number of carbonyl (C=O) groups is 1. The van der Waals surface area contributed by atoms with Crippen molar-refractivity contribution < 1.29 is 4.79 Å². The molecule has 1 heterocycles. The van der Waals surface area contributed by atoms with E-state index in [9.17, 15) is 4.79 Å². The Morgan fingerprint density at radius 2 is 2.41 bits per heavy atom. The van der Waals surface area contributed by atoms with E-state index >= 15 is 0 Å². The van der Waals surface area contributed by atoms with Crippen molar-refractivity contribution in [1.82, 2.24) is 15.2 Å². The zero-order valence-electron chi connectivity index (χ0n) is 10.6. The van der Waals surface area contributed by atoms with Gasteiger partial charge in [-0.25, -0.2) is 4.98 Å². The summed E-state index contributed by atoms with van der Waals surface area (Å²) in [6, 6.07) is 1.12. The fourth-order valence-corrected chi connectivity index (χ4v) is 2.47. The highest BCUT2D eigenvalue weighted by molar-refractivity contribution is 7.13. The third-order valence-corrected chi connectivity index (χ3v) is 4.13. The van der Waals surface area contributed by atoms with E-state index in [0.29, 0.717) is 17.5 Å². The molecule has 0 radical (unpaired) electrons. The number of aromatic nitrogens is 1. The Bertz CT molecular complexity index is 400. The number of hydrogen-bond donors (Lipinski definition) is 1. The number of amides is 1. The maximum absolute atomic E-state index is 11.8. The summed E-state index contributed by atoms with van der Waals surface area (Å²) >= 11 is 1.44. The Labute approximate surface area is 106 Å². The molecular weight excluding hydrogens is 234 g/mol. The summed E-state index contributed by atoms with van der Waals surface area (Å²) in [5.41, 5.74) is 0. The highest BCUT2D eigenvalue weighted by atomic mass is 32.1. The second-order valence-electron chi connectivity index (χ2n) is 4.70. The van der Waals surface area contributed by atoms with Crippen molar-refractivity contribution in [2.75, 3.05) is 13.6 Å². The van der Waals surface area contributed by atoms with Gasteiger partial charge in [0.25, 0.3) is 5.91 Å². The number of hydrogen-bond acceptors (Lipinski definition) is 4. The molecule has 0 bridgehead atoms. The van der Waals surface area contributed by atoms with Crippen LogP contribution in [0.5, 0.6) is 0 Å². The maximum Gasteiger partial charge on any atom is 0.263 e. The first kappa shape index (κ1) is 12.5. The Kier molecular flexibility index (Phi) is 3.79. The molecule has 1 N–H and O–H groups in total. The lowest BCUT2D eigenvalue weighted by atomic mass is 10.3. The molecule has 2 rings (SSSR count). The van der Waals surface area contributed by atoms with E-state index < -0.39 is 0 Å². The molecule has 1 saturated carbocycles. The minimum absolute atomic E-state index is 0.00773. The van der Waals surface area contributed by atoms with E-state index in [1.54, 1.807) is 6.20 Å². The average Bonchev–Trinajstić information content (AvgIpc) is 3.07. The highest BCUT2D eigenvalue weighted by Gasteiger charge is 2.29. The Morgan fingerprint density at radius 1 is 1.71 bits per heavy atom. The van der Waals surface area contributed by atoms with Crippen molar-refractivity contribution in [2.45, 2.75) is 38.8 Å². The van der Waals surface area contributed by atoms with Gasteiger partial charge in [-0.15, -0.1) is 11.3 Å². The third-order valence-electron chi connectivity index (χ3n) is 3.22. The van der Waals surface area contributed by atoms with Crippen LogP contribution >= 0.6 is 11.3 Å². The van der Waals surface area contributed by atoms with Crippen LogP contribution in [-0.4, -0.2) is 41.5 Å². The first-order chi connectivity index (χ1) is 8.08. The fraction of sp³-hybridized carbons (Fsp3) is 0.667. The van der Waals surface area contributed by atoms with Gasteiger partial charge < -0.3 is 5.32 Å². The molecule has 1 fully saturated rings. The van der Waals surface area contributed by atoms with Gasteiger partial charge in [-0.1, -0.05) is 0 Å². The summed E-state index contributed by atoms with van der Waals surface area (Å²) in [4.78, 5) is 18.9. The summed E-state index contributed by atoms with van der Waals surface area (Å²) in [6.07, 6.45) is 4.23. The van der Waals surface area contributed by atoms with Crippen LogP contribution in [0, 0.1) is 6.92 Å². The number of nitrogens with one attached hydrogen (secondary N) is 1. The van der Waals surface area contributed by atoms with Gasteiger partial charge in [0, 0.05) is 18.6 Å². The Hall–Kier alpha value is -0.940. The lowest BCUT2D eigenvalue weighted by molar-refractivity contribution is 0.0943. The number of likely N-dealkylation sites (N-methyl/N-ethyl adjacent to an activating group) is 1. The molecular formula is C12H19N3OS. The molecule has 1 aromatic heterocycles. The van der Waals surface area contributed by atoms with Gasteiger partial charge in [-0.2, -0.15) is 0 Å². The Morgan fingerprint density at radius 3 is 2.94 bits per heavy atom. The zero-order chi connectivity index (χ0) is 12.4. The highest BCUT2D eigenvalue weighted by Crippen LogP contribution is 2.26. The molecule has 1 amide bonds. The summed E-state index contributed by atoms with van der Waals surface area (Å²) in [7, 11) is 2.13. The molecule has 4 nitrogen and oxygen atoms in total. The van der Waals surface area contributed by atoms with Crippen LogP contribution in [0.25, 0.3) is 0 Å². The molecule has 5 heteroatoms. The van der Waals surface area contributed by atoms with Crippen LogP contribution in [0.4, 0.5) is 0 Å². The number of nitrogens with zero attached hydrogens (tertiary/aromatic N) is 2. The predicted molar refractivity (Wildman–Crippen MR) is 69.4 cm³/mol.